The van der Waals surface area contributed by atoms with E-state index >= 15 is 0 Å². The van der Waals surface area contributed by atoms with Crippen LogP contribution in [0.3, 0.4) is 0 Å². The van der Waals surface area contributed by atoms with E-state index in [9.17, 15) is 9.59 Å². The lowest BCUT2D eigenvalue weighted by Crippen LogP contribution is -2.63. The maximum atomic E-state index is 12.3. The normalized spacial score (nSPS) is 18.4. The first-order chi connectivity index (χ1) is 8.43. The number of hydrogen-bond donors (Lipinski definition) is 1. The first-order valence-electron chi connectivity index (χ1n) is 5.51. The van der Waals surface area contributed by atoms with Crippen molar-refractivity contribution in [1.82, 2.24) is 20.2 Å². The molecule has 0 bridgehead atoms. The van der Waals surface area contributed by atoms with Crippen molar-refractivity contribution in [2.45, 2.75) is 19.4 Å². The third-order valence-electron chi connectivity index (χ3n) is 2.94. The predicted molar refractivity (Wildman–Crippen MR) is 65.2 cm³/mol. The van der Waals surface area contributed by atoms with E-state index in [1.54, 1.807) is 13.8 Å². The average molecular weight is 269 g/mol. The molecule has 0 atom stereocenters. The summed E-state index contributed by atoms with van der Waals surface area (Å²) in [6.07, 6.45) is 2.62. The van der Waals surface area contributed by atoms with E-state index in [1.165, 1.54) is 17.3 Å². The Morgan fingerprint density at radius 2 is 2.17 bits per heavy atom. The van der Waals surface area contributed by atoms with Gasteiger partial charge in [0.25, 0.3) is 5.91 Å². The number of carbonyl (C=O) groups is 2. The van der Waals surface area contributed by atoms with Gasteiger partial charge in [-0.05, 0) is 13.8 Å². The zero-order valence-corrected chi connectivity index (χ0v) is 10.9. The number of aromatic nitrogens is 2. The second-order valence-electron chi connectivity index (χ2n) is 4.50. The van der Waals surface area contributed by atoms with Crippen molar-refractivity contribution >= 4 is 23.4 Å². The molecule has 6 nitrogen and oxygen atoms in total. The van der Waals surface area contributed by atoms with Crippen molar-refractivity contribution in [1.29, 1.82) is 0 Å². The standard InChI is InChI=1S/C11H13ClN4O2/c1-11(2)10(18)13-3-4-16(11)9(17)7-5-15-8(12)6-14-7/h5-6H,3-4H2,1-2H3,(H,13,18). The summed E-state index contributed by atoms with van der Waals surface area (Å²) < 4.78 is 0. The Hall–Kier alpha value is -1.69. The number of amides is 2. The fourth-order valence-corrected chi connectivity index (χ4v) is 1.91. The summed E-state index contributed by atoms with van der Waals surface area (Å²) >= 11 is 5.62. The van der Waals surface area contributed by atoms with Gasteiger partial charge in [-0.15, -0.1) is 0 Å². The van der Waals surface area contributed by atoms with Gasteiger partial charge in [-0.2, -0.15) is 0 Å². The van der Waals surface area contributed by atoms with E-state index in [2.05, 4.69) is 15.3 Å². The number of carbonyl (C=O) groups excluding carboxylic acids is 2. The van der Waals surface area contributed by atoms with Crippen LogP contribution in [0.4, 0.5) is 0 Å². The highest BCUT2D eigenvalue weighted by Gasteiger charge is 2.41. The second-order valence-corrected chi connectivity index (χ2v) is 4.88. The van der Waals surface area contributed by atoms with Gasteiger partial charge in [0.05, 0.1) is 12.4 Å². The molecule has 0 aromatic carbocycles. The Kier molecular flexibility index (Phi) is 3.21. The molecule has 1 aliphatic rings. The van der Waals surface area contributed by atoms with Crippen LogP contribution in [0.15, 0.2) is 12.4 Å². The maximum absolute atomic E-state index is 12.3. The Morgan fingerprint density at radius 3 is 2.78 bits per heavy atom. The molecule has 1 aliphatic heterocycles. The van der Waals surface area contributed by atoms with E-state index in [0.29, 0.717) is 13.1 Å². The molecule has 2 amide bonds. The van der Waals surface area contributed by atoms with Crippen molar-refractivity contribution in [3.63, 3.8) is 0 Å². The molecule has 1 aromatic rings. The highest BCUT2D eigenvalue weighted by atomic mass is 35.5. The molecule has 7 heteroatoms. The third kappa shape index (κ3) is 2.15. The molecule has 1 saturated heterocycles. The van der Waals surface area contributed by atoms with Gasteiger partial charge < -0.3 is 10.2 Å². The van der Waals surface area contributed by atoms with Gasteiger partial charge in [0.15, 0.2) is 0 Å². The zero-order chi connectivity index (χ0) is 13.3. The molecule has 2 rings (SSSR count). The molecule has 96 valence electrons. The number of halogens is 1. The first-order valence-corrected chi connectivity index (χ1v) is 5.88. The van der Waals surface area contributed by atoms with Crippen LogP contribution in [-0.2, 0) is 4.79 Å². The SMILES string of the molecule is CC1(C)C(=O)NCCN1C(=O)c1cnc(Cl)cn1. The summed E-state index contributed by atoms with van der Waals surface area (Å²) in [6, 6.07) is 0. The van der Waals surface area contributed by atoms with Crippen molar-refractivity contribution in [2.75, 3.05) is 13.1 Å². The minimum atomic E-state index is -0.892. The van der Waals surface area contributed by atoms with E-state index in [0.717, 1.165) is 0 Å². The van der Waals surface area contributed by atoms with Crippen LogP contribution < -0.4 is 5.32 Å². The lowest BCUT2D eigenvalue weighted by Gasteiger charge is -2.40. The van der Waals surface area contributed by atoms with Crippen LogP contribution >= 0.6 is 11.6 Å². The van der Waals surface area contributed by atoms with Gasteiger partial charge >= 0.3 is 0 Å². The van der Waals surface area contributed by atoms with Gasteiger partial charge in [-0.25, -0.2) is 9.97 Å². The van der Waals surface area contributed by atoms with E-state index in [1.807, 2.05) is 0 Å². The molecule has 1 fully saturated rings. The molecular weight excluding hydrogens is 256 g/mol. The minimum Gasteiger partial charge on any atom is -0.352 e. The highest BCUT2D eigenvalue weighted by Crippen LogP contribution is 2.19. The number of nitrogens with zero attached hydrogens (tertiary/aromatic N) is 3. The average Bonchev–Trinajstić information content (AvgIpc) is 2.33. The third-order valence-corrected chi connectivity index (χ3v) is 3.13. The van der Waals surface area contributed by atoms with Crippen LogP contribution in [0.1, 0.15) is 24.3 Å². The quantitative estimate of drug-likeness (QED) is 0.804. The number of nitrogens with one attached hydrogen (secondary N) is 1. The number of rotatable bonds is 1. The highest BCUT2D eigenvalue weighted by molar-refractivity contribution is 6.29. The Morgan fingerprint density at radius 1 is 1.44 bits per heavy atom. The van der Waals surface area contributed by atoms with E-state index in [4.69, 9.17) is 11.6 Å². The molecule has 0 saturated carbocycles. The van der Waals surface area contributed by atoms with Crippen LogP contribution in [-0.4, -0.2) is 45.3 Å². The van der Waals surface area contributed by atoms with E-state index in [-0.39, 0.29) is 22.7 Å². The Labute approximate surface area is 109 Å². The predicted octanol–water partition coefficient (Wildman–Crippen LogP) is 0.481. The monoisotopic (exact) mass is 268 g/mol. The first kappa shape index (κ1) is 12.8. The van der Waals surface area contributed by atoms with Crippen molar-refractivity contribution in [3.8, 4) is 0 Å². The van der Waals surface area contributed by atoms with Crippen LogP contribution in [0, 0.1) is 0 Å². The molecule has 2 heterocycles. The summed E-state index contributed by atoms with van der Waals surface area (Å²) in [5.41, 5.74) is -0.710. The second kappa shape index (κ2) is 4.53. The summed E-state index contributed by atoms with van der Waals surface area (Å²) in [5, 5.41) is 2.95. The van der Waals surface area contributed by atoms with Gasteiger partial charge in [0.2, 0.25) is 5.91 Å². The number of hydrogen-bond acceptors (Lipinski definition) is 4. The largest absolute Gasteiger partial charge is 0.352 e. The molecule has 0 unspecified atom stereocenters. The molecule has 1 N–H and O–H groups in total. The van der Waals surface area contributed by atoms with Gasteiger partial charge in [-0.1, -0.05) is 11.6 Å². The lowest BCUT2D eigenvalue weighted by atomic mass is 9.98. The summed E-state index contributed by atoms with van der Waals surface area (Å²) in [4.78, 5) is 33.3. The topological polar surface area (TPSA) is 75.2 Å². The summed E-state index contributed by atoms with van der Waals surface area (Å²) in [5.74, 6) is -0.497. The lowest BCUT2D eigenvalue weighted by molar-refractivity contribution is -0.133. The molecule has 18 heavy (non-hydrogen) atoms. The maximum Gasteiger partial charge on any atom is 0.274 e. The van der Waals surface area contributed by atoms with Gasteiger partial charge in [0, 0.05) is 13.1 Å². The van der Waals surface area contributed by atoms with Crippen molar-refractivity contribution < 1.29 is 9.59 Å². The molecule has 0 spiro atoms. The fraction of sp³-hybridized carbons (Fsp3) is 0.455. The van der Waals surface area contributed by atoms with Crippen LogP contribution in [0.5, 0.6) is 0 Å². The van der Waals surface area contributed by atoms with Gasteiger partial charge in [-0.3, -0.25) is 9.59 Å². The minimum absolute atomic E-state index is 0.177. The smallest absolute Gasteiger partial charge is 0.274 e. The van der Waals surface area contributed by atoms with E-state index < -0.39 is 5.54 Å². The summed E-state index contributed by atoms with van der Waals surface area (Å²) in [6.45, 7) is 4.28. The Bertz CT molecular complexity index is 486. The molecular formula is C11H13ClN4O2. The number of piperazine rings is 1. The van der Waals surface area contributed by atoms with Gasteiger partial charge in [0.1, 0.15) is 16.4 Å². The molecule has 0 aliphatic carbocycles. The fourth-order valence-electron chi connectivity index (χ4n) is 1.82. The summed E-state index contributed by atoms with van der Waals surface area (Å²) in [7, 11) is 0. The van der Waals surface area contributed by atoms with Crippen LogP contribution in [0.25, 0.3) is 0 Å². The molecule has 1 aromatic heterocycles. The van der Waals surface area contributed by atoms with Crippen molar-refractivity contribution in [3.05, 3.63) is 23.2 Å². The van der Waals surface area contributed by atoms with Crippen molar-refractivity contribution in [2.24, 2.45) is 0 Å². The van der Waals surface area contributed by atoms with Crippen LogP contribution in [0.2, 0.25) is 5.15 Å². The molecule has 0 radical (unpaired) electrons. The zero-order valence-electron chi connectivity index (χ0n) is 10.1. The Balaban J connectivity index is 2.28.